The van der Waals surface area contributed by atoms with Crippen LogP contribution < -0.4 is 10.1 Å². The molecule has 2 heterocycles. The van der Waals surface area contributed by atoms with Crippen LogP contribution in [0.4, 0.5) is 0 Å². The zero-order valence-electron chi connectivity index (χ0n) is 17.7. The maximum Gasteiger partial charge on any atom is 0.290 e. The lowest BCUT2D eigenvalue weighted by Gasteiger charge is -2.19. The monoisotopic (exact) mass is 416 g/mol. The van der Waals surface area contributed by atoms with E-state index in [1.54, 1.807) is 13.2 Å². The summed E-state index contributed by atoms with van der Waals surface area (Å²) in [5.41, 5.74) is 4.11. The zero-order chi connectivity index (χ0) is 21.8. The molecule has 7 nitrogen and oxygen atoms in total. The van der Waals surface area contributed by atoms with E-state index < -0.39 is 0 Å². The predicted molar refractivity (Wildman–Crippen MR) is 117 cm³/mol. The van der Waals surface area contributed by atoms with Crippen molar-refractivity contribution in [2.45, 2.75) is 26.4 Å². The van der Waals surface area contributed by atoms with Gasteiger partial charge < -0.3 is 14.6 Å². The van der Waals surface area contributed by atoms with Gasteiger partial charge in [0.15, 0.2) is 0 Å². The van der Waals surface area contributed by atoms with E-state index in [4.69, 9.17) is 9.26 Å². The van der Waals surface area contributed by atoms with E-state index in [0.717, 1.165) is 34.7 Å². The molecule has 0 unspecified atom stereocenters. The van der Waals surface area contributed by atoms with Crippen molar-refractivity contribution in [1.82, 2.24) is 20.3 Å². The minimum absolute atomic E-state index is 0.141. The highest BCUT2D eigenvalue weighted by atomic mass is 16.5. The van der Waals surface area contributed by atoms with Crippen molar-refractivity contribution in [3.8, 4) is 17.0 Å². The number of benzene rings is 2. The summed E-state index contributed by atoms with van der Waals surface area (Å²) in [6.07, 6.45) is 1.90. The predicted octanol–water partition coefficient (Wildman–Crippen LogP) is 4.39. The maximum absolute atomic E-state index is 13.1. The topological polar surface area (TPSA) is 82.2 Å². The van der Waals surface area contributed by atoms with Gasteiger partial charge in [-0.1, -0.05) is 47.6 Å². The summed E-state index contributed by atoms with van der Waals surface area (Å²) in [6, 6.07) is 18.7. The van der Waals surface area contributed by atoms with Crippen molar-refractivity contribution in [2.75, 3.05) is 7.11 Å². The Labute approximate surface area is 180 Å². The second kappa shape index (κ2) is 8.87. The second-order valence-corrected chi connectivity index (χ2v) is 7.15. The Bertz CT molecular complexity index is 1180. The molecule has 4 aromatic rings. The third kappa shape index (κ3) is 4.35. The van der Waals surface area contributed by atoms with Crippen LogP contribution >= 0.6 is 0 Å². The molecule has 0 aliphatic carbocycles. The first-order valence-electron chi connectivity index (χ1n) is 10.1. The van der Waals surface area contributed by atoms with Gasteiger partial charge in [-0.15, -0.1) is 0 Å². The van der Waals surface area contributed by atoms with E-state index in [-0.39, 0.29) is 17.7 Å². The van der Waals surface area contributed by atoms with E-state index in [2.05, 4.69) is 15.6 Å². The van der Waals surface area contributed by atoms with Crippen LogP contribution in [0.15, 0.2) is 71.4 Å². The van der Waals surface area contributed by atoms with Gasteiger partial charge in [-0.05, 0) is 37.1 Å². The van der Waals surface area contributed by atoms with Crippen molar-refractivity contribution in [1.29, 1.82) is 0 Å². The van der Waals surface area contributed by atoms with E-state index in [1.807, 2.05) is 79.3 Å². The Kier molecular flexibility index (Phi) is 5.84. The smallest absolute Gasteiger partial charge is 0.290 e. The van der Waals surface area contributed by atoms with Gasteiger partial charge in [0, 0.05) is 24.4 Å². The number of aryl methyl sites for hydroxylation is 2. The number of hydrogen-bond donors (Lipinski definition) is 1. The second-order valence-electron chi connectivity index (χ2n) is 7.15. The fourth-order valence-corrected chi connectivity index (χ4v) is 3.47. The van der Waals surface area contributed by atoms with Gasteiger partial charge >= 0.3 is 0 Å². The number of nitrogens with zero attached hydrogens (tertiary/aromatic N) is 3. The Morgan fingerprint density at radius 1 is 1.13 bits per heavy atom. The molecule has 0 spiro atoms. The first-order chi connectivity index (χ1) is 15.1. The number of amides is 1. The first-order valence-corrected chi connectivity index (χ1v) is 10.1. The molecule has 1 atom stereocenters. The number of methoxy groups -OCH3 is 1. The number of ether oxygens (including phenoxy) is 1. The quantitative estimate of drug-likeness (QED) is 0.483. The molecule has 0 aliphatic rings. The van der Waals surface area contributed by atoms with Gasteiger partial charge in [0.2, 0.25) is 5.76 Å². The number of carbonyl (C=O) groups excluding carboxylic acids is 1. The van der Waals surface area contributed by atoms with Crippen molar-refractivity contribution >= 4 is 5.91 Å². The van der Waals surface area contributed by atoms with Crippen LogP contribution in [-0.2, 0) is 6.54 Å². The summed E-state index contributed by atoms with van der Waals surface area (Å²) in [5, 5.41) is 11.6. The van der Waals surface area contributed by atoms with Crippen molar-refractivity contribution in [3.05, 3.63) is 89.4 Å². The summed E-state index contributed by atoms with van der Waals surface area (Å²) in [4.78, 5) is 13.1. The summed E-state index contributed by atoms with van der Waals surface area (Å²) < 4.78 is 12.6. The molecule has 7 heteroatoms. The van der Waals surface area contributed by atoms with Crippen LogP contribution in [0.1, 0.15) is 40.3 Å². The minimum atomic E-state index is -0.373. The SMILES string of the molecule is CCn1cc(-c2cc(C(=O)N[C@H](c3ccccc3)c3cccc(OC)c3)on2)c(C)n1. The van der Waals surface area contributed by atoms with Crippen LogP contribution in [0, 0.1) is 6.92 Å². The molecule has 2 aromatic heterocycles. The minimum Gasteiger partial charge on any atom is -0.497 e. The molecule has 0 radical (unpaired) electrons. The summed E-state index contributed by atoms with van der Waals surface area (Å²) in [7, 11) is 1.62. The van der Waals surface area contributed by atoms with Gasteiger partial charge in [-0.25, -0.2) is 0 Å². The van der Waals surface area contributed by atoms with Crippen molar-refractivity contribution in [3.63, 3.8) is 0 Å². The van der Waals surface area contributed by atoms with Gasteiger partial charge in [-0.3, -0.25) is 9.48 Å². The Balaban J connectivity index is 1.62. The molecule has 0 saturated heterocycles. The number of hydrogen-bond acceptors (Lipinski definition) is 5. The average molecular weight is 416 g/mol. The molecular weight excluding hydrogens is 392 g/mol. The van der Waals surface area contributed by atoms with Crippen LogP contribution in [0.5, 0.6) is 5.75 Å². The first kappa shape index (κ1) is 20.4. The molecule has 1 amide bonds. The average Bonchev–Trinajstić information content (AvgIpc) is 3.44. The number of nitrogens with one attached hydrogen (secondary N) is 1. The van der Waals surface area contributed by atoms with Crippen molar-refractivity contribution in [2.24, 2.45) is 0 Å². The van der Waals surface area contributed by atoms with Gasteiger partial charge in [-0.2, -0.15) is 5.10 Å². The third-order valence-electron chi connectivity index (χ3n) is 5.12. The molecule has 0 bridgehead atoms. The third-order valence-corrected chi connectivity index (χ3v) is 5.12. The van der Waals surface area contributed by atoms with Gasteiger partial charge in [0.05, 0.1) is 18.8 Å². The van der Waals surface area contributed by atoms with E-state index >= 15 is 0 Å². The highest BCUT2D eigenvalue weighted by Gasteiger charge is 2.22. The maximum atomic E-state index is 13.1. The fraction of sp³-hybridized carbons (Fsp3) is 0.208. The molecule has 158 valence electrons. The molecule has 4 rings (SSSR count). The van der Waals surface area contributed by atoms with E-state index in [1.165, 1.54) is 0 Å². The molecule has 0 saturated carbocycles. The fourth-order valence-electron chi connectivity index (χ4n) is 3.47. The lowest BCUT2D eigenvalue weighted by molar-refractivity contribution is 0.0906. The molecule has 1 N–H and O–H groups in total. The van der Waals surface area contributed by atoms with E-state index in [0.29, 0.717) is 5.69 Å². The summed E-state index contributed by atoms with van der Waals surface area (Å²) >= 11 is 0. The van der Waals surface area contributed by atoms with Crippen LogP contribution in [0.3, 0.4) is 0 Å². The normalized spacial score (nSPS) is 11.8. The molecular formula is C24H24N4O3. The van der Waals surface area contributed by atoms with Gasteiger partial charge in [0.1, 0.15) is 11.4 Å². The van der Waals surface area contributed by atoms with Crippen LogP contribution in [0.25, 0.3) is 11.3 Å². The highest BCUT2D eigenvalue weighted by molar-refractivity contribution is 5.93. The zero-order valence-corrected chi connectivity index (χ0v) is 17.7. The molecule has 0 aliphatic heterocycles. The van der Waals surface area contributed by atoms with Crippen molar-refractivity contribution < 1.29 is 14.1 Å². The summed E-state index contributed by atoms with van der Waals surface area (Å²) in [6.45, 7) is 4.68. The Morgan fingerprint density at radius 3 is 2.61 bits per heavy atom. The number of aromatic nitrogens is 3. The molecule has 2 aromatic carbocycles. The molecule has 31 heavy (non-hydrogen) atoms. The van der Waals surface area contributed by atoms with Crippen LogP contribution in [-0.4, -0.2) is 28.0 Å². The lowest BCUT2D eigenvalue weighted by atomic mass is 9.98. The van der Waals surface area contributed by atoms with E-state index in [9.17, 15) is 4.79 Å². The Hall–Kier alpha value is -3.87. The summed E-state index contributed by atoms with van der Waals surface area (Å²) in [5.74, 6) is 0.511. The standard InChI is InChI=1S/C24H24N4O3/c1-4-28-15-20(16(2)26-28)21-14-22(31-27-21)24(29)25-23(17-9-6-5-7-10-17)18-11-8-12-19(13-18)30-3/h5-15,23H,4H2,1-3H3,(H,25,29)/t23-/m1/s1. The highest BCUT2D eigenvalue weighted by Crippen LogP contribution is 2.27. The lowest BCUT2D eigenvalue weighted by Crippen LogP contribution is -2.29. The number of carbonyl (C=O) groups is 1. The largest absolute Gasteiger partial charge is 0.497 e. The Morgan fingerprint density at radius 2 is 1.90 bits per heavy atom. The van der Waals surface area contributed by atoms with Crippen LogP contribution in [0.2, 0.25) is 0 Å². The number of rotatable bonds is 7. The van der Waals surface area contributed by atoms with Gasteiger partial charge in [0.25, 0.3) is 5.91 Å². The molecule has 0 fully saturated rings.